The van der Waals surface area contributed by atoms with E-state index in [-0.39, 0.29) is 17.4 Å². The summed E-state index contributed by atoms with van der Waals surface area (Å²) < 4.78 is 26.0. The van der Waals surface area contributed by atoms with Gasteiger partial charge < -0.3 is 5.11 Å². The molecule has 2 atom stereocenters. The summed E-state index contributed by atoms with van der Waals surface area (Å²) in [6.07, 6.45) is 4.11. The zero-order valence-corrected chi connectivity index (χ0v) is 11.4. The van der Waals surface area contributed by atoms with Gasteiger partial charge in [0, 0.05) is 18.9 Å². The molecule has 0 amide bonds. The molecule has 1 aliphatic heterocycles. The van der Waals surface area contributed by atoms with Crippen molar-refractivity contribution >= 4 is 16.0 Å². The van der Waals surface area contributed by atoms with Crippen molar-refractivity contribution in [2.45, 2.75) is 30.7 Å². The SMILES string of the molecule is CC1CCCN(S(=O)(=O)c2cccnc2)C1C(=O)O. The third-order valence-electron chi connectivity index (χ3n) is 3.38. The number of rotatable bonds is 3. The largest absolute Gasteiger partial charge is 0.480 e. The molecule has 0 radical (unpaired) electrons. The van der Waals surface area contributed by atoms with E-state index in [2.05, 4.69) is 4.98 Å². The Bertz CT molecular complexity index is 558. The number of carboxylic acids is 1. The first-order valence-electron chi connectivity index (χ1n) is 6.09. The summed E-state index contributed by atoms with van der Waals surface area (Å²) in [7, 11) is -3.80. The van der Waals surface area contributed by atoms with Gasteiger partial charge in [-0.15, -0.1) is 0 Å². The highest BCUT2D eigenvalue weighted by atomic mass is 32.2. The van der Waals surface area contributed by atoms with Gasteiger partial charge >= 0.3 is 5.97 Å². The Morgan fingerprint density at radius 1 is 1.53 bits per heavy atom. The number of hydrogen-bond acceptors (Lipinski definition) is 4. The standard InChI is InChI=1S/C12H16N2O4S/c1-9-4-3-7-14(11(9)12(15)16)19(17,18)10-5-2-6-13-8-10/h2,5-6,8-9,11H,3-4,7H2,1H3,(H,15,16). The van der Waals surface area contributed by atoms with Gasteiger partial charge in [0.25, 0.3) is 0 Å². The summed E-state index contributed by atoms with van der Waals surface area (Å²) in [5.74, 6) is -1.29. The van der Waals surface area contributed by atoms with Crippen LogP contribution in [0.4, 0.5) is 0 Å². The van der Waals surface area contributed by atoms with Crippen molar-refractivity contribution < 1.29 is 18.3 Å². The molecule has 1 aliphatic rings. The van der Waals surface area contributed by atoms with Crippen molar-refractivity contribution in [3.05, 3.63) is 24.5 Å². The van der Waals surface area contributed by atoms with Crippen LogP contribution in [0.25, 0.3) is 0 Å². The van der Waals surface area contributed by atoms with Crippen LogP contribution in [0.3, 0.4) is 0 Å². The Balaban J connectivity index is 2.41. The minimum Gasteiger partial charge on any atom is -0.480 e. The Labute approximate surface area is 112 Å². The molecule has 2 rings (SSSR count). The quantitative estimate of drug-likeness (QED) is 0.893. The average molecular weight is 284 g/mol. The lowest BCUT2D eigenvalue weighted by Crippen LogP contribution is -2.51. The van der Waals surface area contributed by atoms with Crippen molar-refractivity contribution in [2.75, 3.05) is 6.54 Å². The molecular formula is C12H16N2O4S. The zero-order chi connectivity index (χ0) is 14.0. The Morgan fingerprint density at radius 3 is 2.84 bits per heavy atom. The van der Waals surface area contributed by atoms with Gasteiger partial charge in [-0.25, -0.2) is 8.42 Å². The Kier molecular flexibility index (Phi) is 3.86. The lowest BCUT2D eigenvalue weighted by molar-refractivity contribution is -0.144. The molecule has 0 saturated carbocycles. The monoisotopic (exact) mass is 284 g/mol. The van der Waals surface area contributed by atoms with Gasteiger partial charge in [0.05, 0.1) is 0 Å². The van der Waals surface area contributed by atoms with Crippen LogP contribution in [0.1, 0.15) is 19.8 Å². The summed E-state index contributed by atoms with van der Waals surface area (Å²) in [4.78, 5) is 15.2. The number of carboxylic acid groups (broad SMARTS) is 1. The maximum Gasteiger partial charge on any atom is 0.322 e. The van der Waals surface area contributed by atoms with E-state index < -0.39 is 22.0 Å². The van der Waals surface area contributed by atoms with E-state index in [9.17, 15) is 18.3 Å². The fourth-order valence-electron chi connectivity index (χ4n) is 2.42. The number of aliphatic carboxylic acids is 1. The maximum atomic E-state index is 12.5. The maximum absolute atomic E-state index is 12.5. The number of aromatic nitrogens is 1. The van der Waals surface area contributed by atoms with Crippen molar-refractivity contribution in [1.82, 2.24) is 9.29 Å². The van der Waals surface area contributed by atoms with E-state index in [1.54, 1.807) is 6.92 Å². The van der Waals surface area contributed by atoms with Crippen LogP contribution in [-0.2, 0) is 14.8 Å². The predicted molar refractivity (Wildman–Crippen MR) is 68.0 cm³/mol. The smallest absolute Gasteiger partial charge is 0.322 e. The molecule has 0 bridgehead atoms. The molecule has 7 heteroatoms. The van der Waals surface area contributed by atoms with Crippen LogP contribution in [0, 0.1) is 5.92 Å². The minimum atomic E-state index is -3.80. The van der Waals surface area contributed by atoms with Gasteiger partial charge in [-0.2, -0.15) is 4.31 Å². The van der Waals surface area contributed by atoms with E-state index >= 15 is 0 Å². The van der Waals surface area contributed by atoms with E-state index in [1.165, 1.54) is 24.5 Å². The first-order chi connectivity index (χ1) is 8.94. The summed E-state index contributed by atoms with van der Waals surface area (Å²) in [5, 5.41) is 9.27. The van der Waals surface area contributed by atoms with Gasteiger partial charge in [0.2, 0.25) is 10.0 Å². The molecular weight excluding hydrogens is 268 g/mol. The molecule has 1 N–H and O–H groups in total. The molecule has 19 heavy (non-hydrogen) atoms. The van der Waals surface area contributed by atoms with E-state index in [4.69, 9.17) is 0 Å². The Morgan fingerprint density at radius 2 is 2.26 bits per heavy atom. The van der Waals surface area contributed by atoms with Gasteiger partial charge in [-0.3, -0.25) is 9.78 Å². The van der Waals surface area contributed by atoms with Crippen molar-refractivity contribution in [3.63, 3.8) is 0 Å². The minimum absolute atomic E-state index is 0.0374. The second-order valence-corrected chi connectivity index (χ2v) is 6.60. The van der Waals surface area contributed by atoms with Crippen LogP contribution in [0.15, 0.2) is 29.4 Å². The predicted octanol–water partition coefficient (Wildman–Crippen LogP) is 0.955. The number of carbonyl (C=O) groups is 1. The molecule has 1 aromatic rings. The molecule has 0 aromatic carbocycles. The number of nitrogens with zero attached hydrogens (tertiary/aromatic N) is 2. The van der Waals surface area contributed by atoms with Crippen molar-refractivity contribution in [2.24, 2.45) is 5.92 Å². The van der Waals surface area contributed by atoms with Crippen molar-refractivity contribution in [3.8, 4) is 0 Å². The number of hydrogen-bond donors (Lipinski definition) is 1. The third kappa shape index (κ3) is 2.62. The normalized spacial score (nSPS) is 25.1. The van der Waals surface area contributed by atoms with Gasteiger partial charge in [-0.1, -0.05) is 6.92 Å². The van der Waals surface area contributed by atoms with Crippen LogP contribution < -0.4 is 0 Å². The fraction of sp³-hybridized carbons (Fsp3) is 0.500. The molecule has 104 valence electrons. The molecule has 2 unspecified atom stereocenters. The highest BCUT2D eigenvalue weighted by Crippen LogP contribution is 2.28. The molecule has 1 saturated heterocycles. The van der Waals surface area contributed by atoms with Gasteiger partial charge in [0.1, 0.15) is 10.9 Å². The Hall–Kier alpha value is -1.47. The van der Waals surface area contributed by atoms with Gasteiger partial charge in [-0.05, 0) is 30.9 Å². The first-order valence-corrected chi connectivity index (χ1v) is 7.53. The van der Waals surface area contributed by atoms with Crippen LogP contribution in [-0.4, -0.2) is 41.4 Å². The average Bonchev–Trinajstić information content (AvgIpc) is 2.39. The van der Waals surface area contributed by atoms with Crippen molar-refractivity contribution in [1.29, 1.82) is 0 Å². The molecule has 2 heterocycles. The second-order valence-electron chi connectivity index (χ2n) is 4.71. The summed E-state index contributed by atoms with van der Waals surface area (Å²) in [6, 6.07) is 1.95. The highest BCUT2D eigenvalue weighted by Gasteiger charge is 2.41. The number of pyridine rings is 1. The molecule has 6 nitrogen and oxygen atoms in total. The lowest BCUT2D eigenvalue weighted by atomic mass is 9.93. The van der Waals surface area contributed by atoms with E-state index in [1.807, 2.05) is 0 Å². The molecule has 1 fully saturated rings. The van der Waals surface area contributed by atoms with E-state index in [0.29, 0.717) is 6.42 Å². The first kappa shape index (κ1) is 14.0. The number of sulfonamides is 1. The van der Waals surface area contributed by atoms with Gasteiger partial charge in [0.15, 0.2) is 0 Å². The highest BCUT2D eigenvalue weighted by molar-refractivity contribution is 7.89. The lowest BCUT2D eigenvalue weighted by Gasteiger charge is -2.36. The van der Waals surface area contributed by atoms with Crippen LogP contribution in [0.5, 0.6) is 0 Å². The van der Waals surface area contributed by atoms with E-state index in [0.717, 1.165) is 10.7 Å². The summed E-state index contributed by atoms with van der Waals surface area (Å²) >= 11 is 0. The zero-order valence-electron chi connectivity index (χ0n) is 10.6. The summed E-state index contributed by atoms with van der Waals surface area (Å²) in [5.41, 5.74) is 0. The number of piperidine rings is 1. The topological polar surface area (TPSA) is 87.6 Å². The fourth-order valence-corrected chi connectivity index (χ4v) is 4.10. The molecule has 0 spiro atoms. The molecule has 0 aliphatic carbocycles. The van der Waals surface area contributed by atoms with Crippen LogP contribution in [0.2, 0.25) is 0 Å². The molecule has 1 aromatic heterocycles. The second kappa shape index (κ2) is 5.26. The third-order valence-corrected chi connectivity index (χ3v) is 5.25. The van der Waals surface area contributed by atoms with Crippen LogP contribution >= 0.6 is 0 Å². The summed E-state index contributed by atoms with van der Waals surface area (Å²) in [6.45, 7) is 2.00.